The molecule has 23 heavy (non-hydrogen) atoms. The van der Waals surface area contributed by atoms with Crippen LogP contribution in [-0.2, 0) is 0 Å². The molecular formula is C19H28N2O2. The number of aryl methyl sites for hydroxylation is 1. The van der Waals surface area contributed by atoms with Gasteiger partial charge in [-0.25, -0.2) is 0 Å². The Morgan fingerprint density at radius 2 is 1.74 bits per heavy atom. The predicted molar refractivity (Wildman–Crippen MR) is 91.6 cm³/mol. The number of β-amino-alcohol motifs (C(OH)–C–C–N with tert-alkyl or cyclic N) is 1. The number of hydrogen-bond donors (Lipinski definition) is 1. The SMILES string of the molecule is Cc1ccccc1C(=O)N1CCC(O)(CN2CCCCC2)CC1. The van der Waals surface area contributed by atoms with E-state index in [9.17, 15) is 9.90 Å². The Morgan fingerprint density at radius 1 is 1.09 bits per heavy atom. The molecule has 0 aromatic heterocycles. The molecule has 1 aromatic rings. The zero-order chi connectivity index (χ0) is 16.3. The largest absolute Gasteiger partial charge is 0.388 e. The lowest BCUT2D eigenvalue weighted by atomic mass is 9.89. The lowest BCUT2D eigenvalue weighted by Crippen LogP contribution is -2.52. The van der Waals surface area contributed by atoms with E-state index in [1.165, 1.54) is 19.3 Å². The fraction of sp³-hybridized carbons (Fsp3) is 0.632. The summed E-state index contributed by atoms with van der Waals surface area (Å²) in [5.74, 6) is 0.100. The number of carbonyl (C=O) groups excluding carboxylic acids is 1. The quantitative estimate of drug-likeness (QED) is 0.931. The fourth-order valence-electron chi connectivity index (χ4n) is 3.80. The van der Waals surface area contributed by atoms with Crippen LogP contribution in [0.5, 0.6) is 0 Å². The maximum Gasteiger partial charge on any atom is 0.254 e. The Kier molecular flexibility index (Phi) is 5.02. The van der Waals surface area contributed by atoms with E-state index in [0.717, 1.165) is 30.8 Å². The van der Waals surface area contributed by atoms with Gasteiger partial charge in [0.1, 0.15) is 0 Å². The summed E-state index contributed by atoms with van der Waals surface area (Å²) in [5.41, 5.74) is 1.18. The highest BCUT2D eigenvalue weighted by Crippen LogP contribution is 2.26. The Hall–Kier alpha value is -1.39. The van der Waals surface area contributed by atoms with E-state index >= 15 is 0 Å². The first-order valence-corrected chi connectivity index (χ1v) is 8.87. The van der Waals surface area contributed by atoms with Crippen molar-refractivity contribution < 1.29 is 9.90 Å². The van der Waals surface area contributed by atoms with Crippen molar-refractivity contribution in [2.45, 2.75) is 44.6 Å². The van der Waals surface area contributed by atoms with Gasteiger partial charge in [0.25, 0.3) is 5.91 Å². The van der Waals surface area contributed by atoms with E-state index in [-0.39, 0.29) is 5.91 Å². The van der Waals surface area contributed by atoms with Gasteiger partial charge < -0.3 is 14.9 Å². The molecule has 4 nitrogen and oxygen atoms in total. The first-order chi connectivity index (χ1) is 11.1. The molecule has 2 heterocycles. The van der Waals surface area contributed by atoms with E-state index in [1.807, 2.05) is 36.1 Å². The highest BCUT2D eigenvalue weighted by molar-refractivity contribution is 5.95. The molecule has 2 saturated heterocycles. The molecule has 0 bridgehead atoms. The summed E-state index contributed by atoms with van der Waals surface area (Å²) in [6.45, 7) is 6.25. The molecule has 2 aliphatic heterocycles. The van der Waals surface area contributed by atoms with E-state index in [2.05, 4.69) is 4.90 Å². The number of rotatable bonds is 3. The van der Waals surface area contributed by atoms with Crippen molar-refractivity contribution in [2.75, 3.05) is 32.7 Å². The number of amides is 1. The van der Waals surface area contributed by atoms with E-state index in [4.69, 9.17) is 0 Å². The molecule has 2 aliphatic rings. The maximum absolute atomic E-state index is 12.7. The van der Waals surface area contributed by atoms with Crippen LogP contribution in [0, 0.1) is 6.92 Å². The van der Waals surface area contributed by atoms with Crippen LogP contribution in [0.15, 0.2) is 24.3 Å². The number of benzene rings is 1. The number of likely N-dealkylation sites (tertiary alicyclic amines) is 2. The standard InChI is InChI=1S/C19H28N2O2/c1-16-7-3-4-8-17(16)18(22)21-13-9-19(23,10-14-21)15-20-11-5-2-6-12-20/h3-4,7-8,23H,2,5-6,9-15H2,1H3. The second-order valence-electron chi connectivity index (χ2n) is 7.17. The van der Waals surface area contributed by atoms with Crippen LogP contribution in [0.2, 0.25) is 0 Å². The molecule has 1 amide bonds. The van der Waals surface area contributed by atoms with Crippen LogP contribution < -0.4 is 0 Å². The topological polar surface area (TPSA) is 43.8 Å². The van der Waals surface area contributed by atoms with Gasteiger partial charge in [0.05, 0.1) is 5.60 Å². The zero-order valence-corrected chi connectivity index (χ0v) is 14.1. The molecule has 2 fully saturated rings. The highest BCUT2D eigenvalue weighted by Gasteiger charge is 2.36. The van der Waals surface area contributed by atoms with Crippen molar-refractivity contribution >= 4 is 5.91 Å². The van der Waals surface area contributed by atoms with Gasteiger partial charge >= 0.3 is 0 Å². The van der Waals surface area contributed by atoms with Crippen molar-refractivity contribution in [1.29, 1.82) is 0 Å². The monoisotopic (exact) mass is 316 g/mol. The average Bonchev–Trinajstić information content (AvgIpc) is 2.56. The van der Waals surface area contributed by atoms with Crippen LogP contribution in [-0.4, -0.2) is 59.1 Å². The molecule has 0 spiro atoms. The summed E-state index contributed by atoms with van der Waals surface area (Å²) in [6, 6.07) is 7.74. The lowest BCUT2D eigenvalue weighted by molar-refractivity contribution is -0.0434. The van der Waals surface area contributed by atoms with E-state index in [0.29, 0.717) is 25.9 Å². The summed E-state index contributed by atoms with van der Waals surface area (Å²) in [4.78, 5) is 16.9. The van der Waals surface area contributed by atoms with Crippen molar-refractivity contribution in [3.63, 3.8) is 0 Å². The van der Waals surface area contributed by atoms with Crippen molar-refractivity contribution in [3.05, 3.63) is 35.4 Å². The number of carbonyl (C=O) groups is 1. The minimum absolute atomic E-state index is 0.100. The Labute approximate surface area is 139 Å². The summed E-state index contributed by atoms with van der Waals surface area (Å²) in [6.07, 6.45) is 5.16. The Bertz CT molecular complexity index is 544. The normalized spacial score (nSPS) is 22.1. The van der Waals surface area contributed by atoms with Gasteiger partial charge in [-0.1, -0.05) is 24.6 Å². The van der Waals surface area contributed by atoms with Gasteiger partial charge in [-0.15, -0.1) is 0 Å². The lowest BCUT2D eigenvalue weighted by Gasteiger charge is -2.42. The van der Waals surface area contributed by atoms with Gasteiger partial charge in [0.2, 0.25) is 0 Å². The second kappa shape index (κ2) is 7.02. The van der Waals surface area contributed by atoms with Gasteiger partial charge in [0.15, 0.2) is 0 Å². The van der Waals surface area contributed by atoms with Crippen LogP contribution in [0.3, 0.4) is 0 Å². The molecule has 0 unspecified atom stereocenters. The molecule has 0 saturated carbocycles. The van der Waals surface area contributed by atoms with Crippen LogP contribution >= 0.6 is 0 Å². The molecule has 0 atom stereocenters. The first-order valence-electron chi connectivity index (χ1n) is 8.87. The predicted octanol–water partition coefficient (Wildman–Crippen LogP) is 2.45. The average molecular weight is 316 g/mol. The molecule has 4 heteroatoms. The Balaban J connectivity index is 1.57. The van der Waals surface area contributed by atoms with Crippen LogP contribution in [0.1, 0.15) is 48.0 Å². The summed E-state index contributed by atoms with van der Waals surface area (Å²) in [5, 5.41) is 10.9. The number of nitrogens with zero attached hydrogens (tertiary/aromatic N) is 2. The molecule has 126 valence electrons. The molecule has 3 rings (SSSR count). The summed E-state index contributed by atoms with van der Waals surface area (Å²) in [7, 11) is 0. The smallest absolute Gasteiger partial charge is 0.254 e. The van der Waals surface area contributed by atoms with E-state index < -0.39 is 5.60 Å². The van der Waals surface area contributed by atoms with E-state index in [1.54, 1.807) is 0 Å². The number of hydrogen-bond acceptors (Lipinski definition) is 3. The third kappa shape index (κ3) is 3.93. The van der Waals surface area contributed by atoms with Gasteiger partial charge in [-0.05, 0) is 57.3 Å². The first kappa shape index (κ1) is 16.5. The highest BCUT2D eigenvalue weighted by atomic mass is 16.3. The summed E-state index contributed by atoms with van der Waals surface area (Å²) < 4.78 is 0. The zero-order valence-electron chi connectivity index (χ0n) is 14.1. The van der Waals surface area contributed by atoms with Gasteiger partial charge in [-0.3, -0.25) is 4.79 Å². The summed E-state index contributed by atoms with van der Waals surface area (Å²) >= 11 is 0. The molecule has 1 N–H and O–H groups in total. The molecular weight excluding hydrogens is 288 g/mol. The van der Waals surface area contributed by atoms with Crippen molar-refractivity contribution in [2.24, 2.45) is 0 Å². The Morgan fingerprint density at radius 3 is 2.39 bits per heavy atom. The van der Waals surface area contributed by atoms with Crippen LogP contribution in [0.25, 0.3) is 0 Å². The van der Waals surface area contributed by atoms with Crippen molar-refractivity contribution in [1.82, 2.24) is 9.80 Å². The van der Waals surface area contributed by atoms with Crippen molar-refractivity contribution in [3.8, 4) is 0 Å². The fourth-order valence-corrected chi connectivity index (χ4v) is 3.80. The number of piperidine rings is 2. The number of aliphatic hydroxyl groups is 1. The minimum atomic E-state index is -0.625. The van der Waals surface area contributed by atoms with Gasteiger partial charge in [-0.2, -0.15) is 0 Å². The van der Waals surface area contributed by atoms with Crippen LogP contribution in [0.4, 0.5) is 0 Å². The third-order valence-electron chi connectivity index (χ3n) is 5.32. The maximum atomic E-state index is 12.7. The van der Waals surface area contributed by atoms with Gasteiger partial charge in [0, 0.05) is 25.2 Å². The minimum Gasteiger partial charge on any atom is -0.388 e. The molecule has 0 aliphatic carbocycles. The molecule has 0 radical (unpaired) electrons. The third-order valence-corrected chi connectivity index (χ3v) is 5.32. The molecule has 1 aromatic carbocycles. The second-order valence-corrected chi connectivity index (χ2v) is 7.17.